The van der Waals surface area contributed by atoms with E-state index in [0.717, 1.165) is 0 Å². The van der Waals surface area contributed by atoms with E-state index in [9.17, 15) is 8.42 Å². The van der Waals surface area contributed by atoms with Crippen molar-refractivity contribution in [1.29, 1.82) is 0 Å². The van der Waals surface area contributed by atoms with Gasteiger partial charge in [0.05, 0.1) is 10.8 Å². The molecule has 0 aromatic heterocycles. The van der Waals surface area contributed by atoms with Crippen molar-refractivity contribution in [2.75, 3.05) is 0 Å². The maximum atomic E-state index is 11.2. The minimum Gasteiger partial charge on any atom is -0.282 e. The predicted molar refractivity (Wildman–Crippen MR) is 68.4 cm³/mol. The molecule has 4 nitrogen and oxygen atoms in total. The van der Waals surface area contributed by atoms with Crippen molar-refractivity contribution in [2.24, 2.45) is 4.99 Å². The van der Waals surface area contributed by atoms with Crippen LogP contribution in [0.2, 0.25) is 0 Å². The molecule has 0 saturated carbocycles. The number of aliphatic imine (C=N–C) groups is 1. The summed E-state index contributed by atoms with van der Waals surface area (Å²) in [5.41, 5.74) is 0.517. The first kappa shape index (κ1) is 15.5. The Morgan fingerprint density at radius 1 is 1.11 bits per heavy atom. The molecule has 0 aliphatic carbocycles. The van der Waals surface area contributed by atoms with Crippen LogP contribution in [0.5, 0.6) is 0 Å². The zero-order chi connectivity index (χ0) is 12.5. The molecule has 7 heteroatoms. The molecular weight excluding hydrogens is 281 g/mol. The molecule has 1 N–H and O–H groups in total. The molecule has 0 aliphatic rings. The van der Waals surface area contributed by atoms with Crippen LogP contribution in [0.15, 0.2) is 46.3 Å². The first-order valence-electron chi connectivity index (χ1n) is 4.61. The minimum absolute atomic E-state index is 0. The van der Waals surface area contributed by atoms with E-state index in [-0.39, 0.29) is 34.5 Å². The van der Waals surface area contributed by atoms with E-state index in [2.05, 4.69) is 22.4 Å². The molecule has 0 bridgehead atoms. The normalized spacial score (nSPS) is 10.5. The summed E-state index contributed by atoms with van der Waals surface area (Å²) in [5.74, 6) is 0. The molecule has 0 spiro atoms. The van der Waals surface area contributed by atoms with Crippen LogP contribution in [0.4, 0.5) is 5.69 Å². The third-order valence-corrected chi connectivity index (χ3v) is 3.31. The molecule has 0 radical (unpaired) electrons. The van der Waals surface area contributed by atoms with Gasteiger partial charge in [-0.2, -0.15) is 13.4 Å². The van der Waals surface area contributed by atoms with E-state index < -0.39 is 10.1 Å². The van der Waals surface area contributed by atoms with Crippen LogP contribution in [0, 0.1) is 0 Å². The fraction of sp³-hybridized carbons (Fsp3) is 0. The van der Waals surface area contributed by atoms with Crippen molar-refractivity contribution in [2.45, 2.75) is 4.90 Å². The zero-order valence-electron chi connectivity index (χ0n) is 9.49. The molecule has 2 rings (SSSR count). The molecular formula is C11H7NNaO3S2+. The largest absolute Gasteiger partial charge is 1.00 e. The smallest absolute Gasteiger partial charge is 0.282 e. The van der Waals surface area contributed by atoms with Crippen LogP contribution in [-0.4, -0.2) is 18.1 Å². The van der Waals surface area contributed by atoms with Gasteiger partial charge >= 0.3 is 29.6 Å². The second-order valence-corrected chi connectivity index (χ2v) is 4.88. The van der Waals surface area contributed by atoms with Gasteiger partial charge in [-0.25, -0.2) is 0 Å². The zero-order valence-corrected chi connectivity index (χ0v) is 13.1. The number of nitrogens with zero attached hydrogens (tertiary/aromatic N) is 1. The SMILES string of the molecule is O=S(=O)(O)c1ccc(N=C=S)c2ccccc12.[Na+]. The van der Waals surface area contributed by atoms with Gasteiger partial charge in [-0.15, -0.1) is 0 Å². The van der Waals surface area contributed by atoms with E-state index in [1.807, 2.05) is 0 Å². The summed E-state index contributed by atoms with van der Waals surface area (Å²) in [7, 11) is -4.25. The Morgan fingerprint density at radius 2 is 1.72 bits per heavy atom. The summed E-state index contributed by atoms with van der Waals surface area (Å²) in [4.78, 5) is 3.70. The van der Waals surface area contributed by atoms with Crippen LogP contribution in [0.3, 0.4) is 0 Å². The van der Waals surface area contributed by atoms with Crippen molar-refractivity contribution in [3.63, 3.8) is 0 Å². The monoisotopic (exact) mass is 288 g/mol. The molecule has 0 heterocycles. The van der Waals surface area contributed by atoms with Gasteiger partial charge in [0.25, 0.3) is 10.1 Å². The molecule has 0 saturated heterocycles. The number of fused-ring (bicyclic) bond motifs is 1. The first-order chi connectivity index (χ1) is 8.04. The summed E-state index contributed by atoms with van der Waals surface area (Å²) < 4.78 is 31.5. The van der Waals surface area contributed by atoms with Gasteiger partial charge in [-0.3, -0.25) is 4.55 Å². The van der Waals surface area contributed by atoms with Crippen molar-refractivity contribution in [3.05, 3.63) is 36.4 Å². The average molecular weight is 288 g/mol. The summed E-state index contributed by atoms with van der Waals surface area (Å²) in [6.07, 6.45) is 0. The van der Waals surface area contributed by atoms with E-state index in [4.69, 9.17) is 4.55 Å². The van der Waals surface area contributed by atoms with Gasteiger partial charge in [0.1, 0.15) is 4.90 Å². The third-order valence-electron chi connectivity index (χ3n) is 2.31. The minimum atomic E-state index is -4.25. The Kier molecular flexibility index (Phi) is 5.19. The fourth-order valence-electron chi connectivity index (χ4n) is 1.63. The second-order valence-electron chi connectivity index (χ2n) is 3.31. The number of thiocarbonyl (C=S) groups is 1. The standard InChI is InChI=1S/C11H7NO3S2.Na/c13-17(14,15)11-6-5-10(12-7-16)8-3-1-2-4-9(8)11;/h1-6H,(H,13,14,15);/q;+1. The van der Waals surface area contributed by atoms with Crippen molar-refractivity contribution < 1.29 is 42.5 Å². The molecule has 0 aliphatic heterocycles. The second kappa shape index (κ2) is 6.04. The molecule has 2 aromatic carbocycles. The average Bonchev–Trinajstić information content (AvgIpc) is 2.28. The topological polar surface area (TPSA) is 66.7 Å². The van der Waals surface area contributed by atoms with Gasteiger partial charge in [0.2, 0.25) is 0 Å². The van der Waals surface area contributed by atoms with E-state index >= 15 is 0 Å². The van der Waals surface area contributed by atoms with Crippen molar-refractivity contribution >= 4 is 44.0 Å². The van der Waals surface area contributed by atoms with E-state index in [1.54, 1.807) is 24.3 Å². The van der Waals surface area contributed by atoms with Crippen LogP contribution in [-0.2, 0) is 10.1 Å². The Labute approximate surface area is 132 Å². The Balaban J connectivity index is 0.00000162. The molecule has 2 aromatic rings. The molecule has 0 amide bonds. The van der Waals surface area contributed by atoms with Gasteiger partial charge in [-0.1, -0.05) is 24.3 Å². The predicted octanol–water partition coefficient (Wildman–Crippen LogP) is -0.175. The van der Waals surface area contributed by atoms with Crippen molar-refractivity contribution in [1.82, 2.24) is 0 Å². The molecule has 0 atom stereocenters. The molecule has 0 unspecified atom stereocenters. The number of rotatable bonds is 2. The first-order valence-corrected chi connectivity index (χ1v) is 6.46. The van der Waals surface area contributed by atoms with Crippen LogP contribution in [0.25, 0.3) is 10.8 Å². The van der Waals surface area contributed by atoms with Gasteiger partial charge < -0.3 is 0 Å². The van der Waals surface area contributed by atoms with Crippen molar-refractivity contribution in [3.8, 4) is 0 Å². The van der Waals surface area contributed by atoms with E-state index in [0.29, 0.717) is 16.5 Å². The third kappa shape index (κ3) is 3.05. The molecule has 18 heavy (non-hydrogen) atoms. The maximum Gasteiger partial charge on any atom is 1.00 e. The summed E-state index contributed by atoms with van der Waals surface area (Å²) in [5, 5.41) is 3.23. The Morgan fingerprint density at radius 3 is 2.28 bits per heavy atom. The van der Waals surface area contributed by atoms with Gasteiger partial charge in [0.15, 0.2) is 0 Å². The Bertz CT molecular complexity index is 737. The van der Waals surface area contributed by atoms with Gasteiger partial charge in [-0.05, 0) is 24.4 Å². The maximum absolute atomic E-state index is 11.2. The molecule has 0 fully saturated rings. The number of benzene rings is 2. The summed E-state index contributed by atoms with van der Waals surface area (Å²) in [6.45, 7) is 0. The number of hydrogen-bond acceptors (Lipinski definition) is 4. The fourth-order valence-corrected chi connectivity index (χ4v) is 2.42. The molecule has 86 valence electrons. The van der Waals surface area contributed by atoms with E-state index in [1.165, 1.54) is 12.1 Å². The van der Waals surface area contributed by atoms with Crippen LogP contribution < -0.4 is 29.6 Å². The van der Waals surface area contributed by atoms with Crippen LogP contribution >= 0.6 is 12.2 Å². The number of isothiocyanates is 1. The van der Waals surface area contributed by atoms with Crippen LogP contribution in [0.1, 0.15) is 0 Å². The Hall–Kier alpha value is -0.590. The number of hydrogen-bond donors (Lipinski definition) is 1. The van der Waals surface area contributed by atoms with Gasteiger partial charge in [0, 0.05) is 10.8 Å². The summed E-state index contributed by atoms with van der Waals surface area (Å²) in [6, 6.07) is 9.50. The quantitative estimate of drug-likeness (QED) is 0.360. The summed E-state index contributed by atoms with van der Waals surface area (Å²) >= 11 is 4.52.